The van der Waals surface area contributed by atoms with Gasteiger partial charge in [-0.15, -0.1) is 0 Å². The summed E-state index contributed by atoms with van der Waals surface area (Å²) in [7, 11) is 1.26. The number of carbonyl (C=O) groups is 4. The molecule has 0 bridgehead atoms. The van der Waals surface area contributed by atoms with E-state index in [2.05, 4.69) is 17.0 Å². The third kappa shape index (κ3) is 6.79. The number of hydrogen-bond acceptors (Lipinski definition) is 6. The standard InChI is InChI=1S/C27H30N2O6/c1-3-4-5-6-7-8-17-35-22-15-9-19(10-16-22)18-23-24(30)28-27(33)29(25(23)31)21-13-11-20(12-14-21)26(32)34-2/h9-16,18H,3-8,17H2,1-2H3,(H,28,30,33)/b23-18-. The largest absolute Gasteiger partial charge is 0.494 e. The van der Waals surface area contributed by atoms with E-state index in [0.717, 1.165) is 17.7 Å². The van der Waals surface area contributed by atoms with E-state index in [1.807, 2.05) is 0 Å². The van der Waals surface area contributed by atoms with Crippen LogP contribution in [0.2, 0.25) is 0 Å². The number of nitrogens with zero attached hydrogens (tertiary/aromatic N) is 1. The van der Waals surface area contributed by atoms with Crippen LogP contribution in [-0.2, 0) is 14.3 Å². The van der Waals surface area contributed by atoms with Crippen LogP contribution >= 0.6 is 0 Å². The van der Waals surface area contributed by atoms with E-state index in [4.69, 9.17) is 4.74 Å². The molecular weight excluding hydrogens is 448 g/mol. The van der Waals surface area contributed by atoms with E-state index < -0.39 is 23.8 Å². The smallest absolute Gasteiger partial charge is 0.337 e. The zero-order valence-electron chi connectivity index (χ0n) is 20.0. The van der Waals surface area contributed by atoms with Crippen molar-refractivity contribution in [2.24, 2.45) is 0 Å². The number of methoxy groups -OCH3 is 1. The molecule has 8 nitrogen and oxygen atoms in total. The van der Waals surface area contributed by atoms with Gasteiger partial charge in [-0.25, -0.2) is 14.5 Å². The highest BCUT2D eigenvalue weighted by Crippen LogP contribution is 2.23. The minimum Gasteiger partial charge on any atom is -0.494 e. The van der Waals surface area contributed by atoms with Crippen molar-refractivity contribution in [2.45, 2.75) is 45.4 Å². The lowest BCUT2D eigenvalue weighted by atomic mass is 10.1. The van der Waals surface area contributed by atoms with Crippen LogP contribution in [0, 0.1) is 0 Å². The number of anilines is 1. The molecule has 35 heavy (non-hydrogen) atoms. The van der Waals surface area contributed by atoms with Crippen LogP contribution in [0.3, 0.4) is 0 Å². The van der Waals surface area contributed by atoms with Crippen molar-refractivity contribution < 1.29 is 28.7 Å². The van der Waals surface area contributed by atoms with E-state index in [1.165, 1.54) is 63.1 Å². The number of imide groups is 2. The maximum Gasteiger partial charge on any atom is 0.337 e. The first-order valence-corrected chi connectivity index (χ1v) is 11.8. The Bertz CT molecular complexity index is 1090. The summed E-state index contributed by atoms with van der Waals surface area (Å²) in [6, 6.07) is 11.9. The molecule has 184 valence electrons. The van der Waals surface area contributed by atoms with E-state index in [9.17, 15) is 19.2 Å². The first-order chi connectivity index (χ1) is 16.9. The minimum absolute atomic E-state index is 0.178. The molecule has 1 aliphatic heterocycles. The second-order valence-electron chi connectivity index (χ2n) is 8.18. The average Bonchev–Trinajstić information content (AvgIpc) is 2.86. The Morgan fingerprint density at radius 1 is 0.914 bits per heavy atom. The molecule has 8 heteroatoms. The van der Waals surface area contributed by atoms with Gasteiger partial charge in [0.1, 0.15) is 11.3 Å². The zero-order valence-corrected chi connectivity index (χ0v) is 20.0. The van der Waals surface area contributed by atoms with Crippen LogP contribution in [-0.4, -0.2) is 37.5 Å². The number of nitrogens with one attached hydrogen (secondary N) is 1. The Hall–Kier alpha value is -3.94. The summed E-state index contributed by atoms with van der Waals surface area (Å²) in [5.74, 6) is -1.36. The maximum atomic E-state index is 13.0. The number of urea groups is 1. The second-order valence-corrected chi connectivity index (χ2v) is 8.18. The molecule has 4 amide bonds. The van der Waals surface area contributed by atoms with Crippen molar-refractivity contribution in [2.75, 3.05) is 18.6 Å². The van der Waals surface area contributed by atoms with Gasteiger partial charge in [-0.3, -0.25) is 14.9 Å². The molecule has 2 aromatic carbocycles. The Balaban J connectivity index is 1.66. The summed E-state index contributed by atoms with van der Waals surface area (Å²) in [5.41, 5.74) is 0.928. The molecule has 0 radical (unpaired) electrons. The van der Waals surface area contributed by atoms with Crippen molar-refractivity contribution in [3.63, 3.8) is 0 Å². The van der Waals surface area contributed by atoms with E-state index in [1.54, 1.807) is 24.3 Å². The Morgan fingerprint density at radius 2 is 1.57 bits per heavy atom. The fourth-order valence-corrected chi connectivity index (χ4v) is 3.66. The molecule has 1 N–H and O–H groups in total. The summed E-state index contributed by atoms with van der Waals surface area (Å²) in [4.78, 5) is 50.3. The Kier molecular flexibility index (Phi) is 9.17. The summed E-state index contributed by atoms with van der Waals surface area (Å²) in [6.45, 7) is 2.83. The Morgan fingerprint density at radius 3 is 2.23 bits per heavy atom. The summed E-state index contributed by atoms with van der Waals surface area (Å²) in [6.07, 6.45) is 8.54. The highest BCUT2D eigenvalue weighted by atomic mass is 16.5. The highest BCUT2D eigenvalue weighted by Gasteiger charge is 2.36. The number of unbranched alkanes of at least 4 members (excludes halogenated alkanes) is 5. The van der Waals surface area contributed by atoms with Crippen LogP contribution in [0.15, 0.2) is 54.1 Å². The van der Waals surface area contributed by atoms with Gasteiger partial charge in [0, 0.05) is 0 Å². The number of rotatable bonds is 11. The number of barbiturate groups is 1. The molecule has 0 spiro atoms. The van der Waals surface area contributed by atoms with Gasteiger partial charge in [-0.05, 0) is 54.5 Å². The number of benzene rings is 2. The molecule has 0 aliphatic carbocycles. The SMILES string of the molecule is CCCCCCCCOc1ccc(/C=C2/C(=O)NC(=O)N(c3ccc(C(=O)OC)cc3)C2=O)cc1. The molecular formula is C27H30N2O6. The van der Waals surface area contributed by atoms with Crippen molar-refractivity contribution in [1.29, 1.82) is 0 Å². The van der Waals surface area contributed by atoms with Gasteiger partial charge in [0.15, 0.2) is 0 Å². The molecule has 0 unspecified atom stereocenters. The summed E-state index contributed by atoms with van der Waals surface area (Å²) >= 11 is 0. The lowest BCUT2D eigenvalue weighted by molar-refractivity contribution is -0.122. The maximum absolute atomic E-state index is 13.0. The van der Waals surface area contributed by atoms with Crippen LogP contribution in [0.1, 0.15) is 61.4 Å². The monoisotopic (exact) mass is 478 g/mol. The van der Waals surface area contributed by atoms with Crippen LogP contribution in [0.25, 0.3) is 6.08 Å². The molecule has 0 saturated carbocycles. The quantitative estimate of drug-likeness (QED) is 0.214. The predicted molar refractivity (Wildman–Crippen MR) is 132 cm³/mol. The third-order valence-electron chi connectivity index (χ3n) is 5.61. The number of amides is 4. The van der Waals surface area contributed by atoms with Gasteiger partial charge in [0.25, 0.3) is 11.8 Å². The lowest BCUT2D eigenvalue weighted by Gasteiger charge is -2.26. The van der Waals surface area contributed by atoms with Crippen LogP contribution in [0.4, 0.5) is 10.5 Å². The van der Waals surface area contributed by atoms with Gasteiger partial charge in [-0.2, -0.15) is 0 Å². The van der Waals surface area contributed by atoms with Gasteiger partial charge >= 0.3 is 12.0 Å². The van der Waals surface area contributed by atoms with Crippen molar-refractivity contribution >= 4 is 35.6 Å². The molecule has 1 fully saturated rings. The van der Waals surface area contributed by atoms with Gasteiger partial charge < -0.3 is 9.47 Å². The number of esters is 1. The van der Waals surface area contributed by atoms with E-state index in [0.29, 0.717) is 17.9 Å². The number of ether oxygens (including phenoxy) is 2. The molecule has 2 aromatic rings. The predicted octanol–water partition coefficient (Wildman–Crippen LogP) is 4.88. The van der Waals surface area contributed by atoms with Crippen LogP contribution in [0.5, 0.6) is 5.75 Å². The topological polar surface area (TPSA) is 102 Å². The highest BCUT2D eigenvalue weighted by molar-refractivity contribution is 6.39. The molecule has 0 aromatic heterocycles. The van der Waals surface area contributed by atoms with Crippen molar-refractivity contribution in [1.82, 2.24) is 5.32 Å². The summed E-state index contributed by atoms with van der Waals surface area (Å²) in [5, 5.41) is 2.18. The van der Waals surface area contributed by atoms with Gasteiger partial charge in [0.2, 0.25) is 0 Å². The number of carbonyl (C=O) groups excluding carboxylic acids is 4. The van der Waals surface area contributed by atoms with Crippen molar-refractivity contribution in [3.8, 4) is 5.75 Å². The molecule has 0 atom stereocenters. The fraction of sp³-hybridized carbons (Fsp3) is 0.333. The minimum atomic E-state index is -0.860. The zero-order chi connectivity index (χ0) is 25.2. The van der Waals surface area contributed by atoms with E-state index in [-0.39, 0.29) is 16.8 Å². The second kappa shape index (κ2) is 12.5. The van der Waals surface area contributed by atoms with E-state index >= 15 is 0 Å². The first kappa shape index (κ1) is 25.7. The van der Waals surface area contributed by atoms with Gasteiger partial charge in [0.05, 0.1) is 25.0 Å². The summed E-state index contributed by atoms with van der Waals surface area (Å²) < 4.78 is 10.4. The third-order valence-corrected chi connectivity index (χ3v) is 5.61. The number of hydrogen-bond donors (Lipinski definition) is 1. The normalized spacial score (nSPS) is 14.7. The lowest BCUT2D eigenvalue weighted by Crippen LogP contribution is -2.54. The van der Waals surface area contributed by atoms with Crippen molar-refractivity contribution in [3.05, 3.63) is 65.2 Å². The first-order valence-electron chi connectivity index (χ1n) is 11.8. The van der Waals surface area contributed by atoms with Crippen LogP contribution < -0.4 is 15.0 Å². The molecule has 1 aliphatic rings. The Labute approximate surface area is 204 Å². The molecule has 1 heterocycles. The molecule has 3 rings (SSSR count). The van der Waals surface area contributed by atoms with Gasteiger partial charge in [-0.1, -0.05) is 51.2 Å². The fourth-order valence-electron chi connectivity index (χ4n) is 3.66. The average molecular weight is 479 g/mol. The molecule has 1 saturated heterocycles.